The van der Waals surface area contributed by atoms with Gasteiger partial charge in [-0.25, -0.2) is 0 Å². The highest BCUT2D eigenvalue weighted by Gasteiger charge is 2.50. The molecule has 0 spiro atoms. The van der Waals surface area contributed by atoms with Crippen molar-refractivity contribution in [2.75, 3.05) is 40.0 Å². The van der Waals surface area contributed by atoms with Crippen LogP contribution in [0.5, 0.6) is 0 Å². The van der Waals surface area contributed by atoms with Gasteiger partial charge in [0, 0.05) is 63.1 Å². The van der Waals surface area contributed by atoms with Crippen LogP contribution in [0.3, 0.4) is 0 Å². The highest BCUT2D eigenvalue weighted by atomic mass is 16.7. The number of carbonyl (C=O) groups excluding carboxylic acids is 1. The summed E-state index contributed by atoms with van der Waals surface area (Å²) < 4.78 is 26.8. The molecule has 2 aromatic rings. The Labute approximate surface area is 352 Å². The van der Waals surface area contributed by atoms with Crippen LogP contribution in [-0.4, -0.2) is 152 Å². The first-order valence-electron chi connectivity index (χ1n) is 21.7. The number of unbranched alkanes of at least 4 members (excludes halogenated alkanes) is 1. The number of cyclic esters (lactones) is 1. The first-order valence-corrected chi connectivity index (χ1v) is 21.7. The molecule has 1 aromatic heterocycles. The number of aliphatic hydroxyl groups excluding tert-OH is 2. The zero-order chi connectivity index (χ0) is 43.8. The molecule has 15 nitrogen and oxygen atoms in total. The molecule has 0 radical (unpaired) electrons. The van der Waals surface area contributed by atoms with Gasteiger partial charge >= 0.3 is 5.97 Å². The molecule has 2 aliphatic rings. The van der Waals surface area contributed by atoms with Crippen molar-refractivity contribution in [1.82, 2.24) is 24.8 Å². The number of aromatic nitrogens is 3. The van der Waals surface area contributed by atoms with Crippen molar-refractivity contribution in [2.24, 2.45) is 17.8 Å². The van der Waals surface area contributed by atoms with E-state index in [1.54, 1.807) is 20.8 Å². The quantitative estimate of drug-likeness (QED) is 0.112. The van der Waals surface area contributed by atoms with Crippen molar-refractivity contribution in [2.45, 2.75) is 173 Å². The van der Waals surface area contributed by atoms with E-state index in [-0.39, 0.29) is 30.9 Å². The summed E-state index contributed by atoms with van der Waals surface area (Å²) in [4.78, 5) is 17.8. The lowest BCUT2D eigenvalue weighted by atomic mass is 9.78. The van der Waals surface area contributed by atoms with E-state index in [2.05, 4.69) is 27.3 Å². The van der Waals surface area contributed by atoms with Gasteiger partial charge in [0.2, 0.25) is 0 Å². The van der Waals surface area contributed by atoms with Crippen LogP contribution in [0, 0.1) is 17.8 Å². The minimum Gasteiger partial charge on any atom is -0.459 e. The summed E-state index contributed by atoms with van der Waals surface area (Å²) in [7, 11) is 5.33. The number of nitrogen functional groups attached to an aromatic ring is 1. The molecule has 0 bridgehead atoms. The lowest BCUT2D eigenvalue weighted by Crippen LogP contribution is -2.59. The Morgan fingerprint density at radius 2 is 1.73 bits per heavy atom. The van der Waals surface area contributed by atoms with Crippen molar-refractivity contribution < 1.29 is 44.2 Å². The molecule has 0 amide bonds. The summed E-state index contributed by atoms with van der Waals surface area (Å²) in [6.45, 7) is 16.2. The fourth-order valence-electron chi connectivity index (χ4n) is 9.37. The highest BCUT2D eigenvalue weighted by Crippen LogP contribution is 2.37. The van der Waals surface area contributed by atoms with Crippen LogP contribution in [0.1, 0.15) is 98.8 Å². The van der Waals surface area contributed by atoms with E-state index < -0.39 is 71.9 Å². The maximum Gasteiger partial charge on any atom is 0.311 e. The average molecular weight is 833 g/mol. The zero-order valence-corrected chi connectivity index (χ0v) is 37.5. The summed E-state index contributed by atoms with van der Waals surface area (Å²) in [5.74, 6) is -2.14. The maximum atomic E-state index is 13.8. The van der Waals surface area contributed by atoms with E-state index in [1.165, 1.54) is 19.6 Å². The van der Waals surface area contributed by atoms with E-state index >= 15 is 0 Å². The lowest BCUT2D eigenvalue weighted by molar-refractivity contribution is -0.300. The largest absolute Gasteiger partial charge is 0.459 e. The fraction of sp³-hybridized carbons (Fsp3) is 0.795. The molecule has 2 fully saturated rings. The number of rotatable bonds is 13. The molecule has 2 saturated heterocycles. The number of anilines is 1. The third-order valence-corrected chi connectivity index (χ3v) is 13.0. The second kappa shape index (κ2) is 21.4. The number of aliphatic hydroxyl groups is 4. The van der Waals surface area contributed by atoms with Gasteiger partial charge in [0.05, 0.1) is 35.5 Å². The Morgan fingerprint density at radius 3 is 2.37 bits per heavy atom. The predicted octanol–water partition coefficient (Wildman–Crippen LogP) is 3.44. The Kier molecular flexibility index (Phi) is 17.7. The number of hydrogen-bond donors (Lipinski definition) is 5. The first-order chi connectivity index (χ1) is 27.7. The fourth-order valence-corrected chi connectivity index (χ4v) is 9.37. The Hall–Kier alpha value is -2.73. The number of carbonyl (C=O) groups is 1. The number of methoxy groups -OCH3 is 1. The SMILES string of the molecule is CC[C@H]1OC(=O)[C@H](C)[C@@H](OC)[C@H](C)[C@@H](O[C@@H]2O[C@H](C)C[C@H](N(C)CCc3cn(CCCCc4ccc(N)cc4)nn3)[C@H]2O)[C@](C)(O)C[C@@H](C)CN(C)[C@H](C)[C@@H](O)[C@]1(C)O. The van der Waals surface area contributed by atoms with Crippen molar-refractivity contribution in [3.63, 3.8) is 0 Å². The van der Waals surface area contributed by atoms with E-state index in [4.69, 9.17) is 24.7 Å². The molecule has 3 heterocycles. The average Bonchev–Trinajstić information content (AvgIpc) is 3.64. The van der Waals surface area contributed by atoms with Crippen LogP contribution in [0.25, 0.3) is 0 Å². The van der Waals surface area contributed by atoms with Crippen molar-refractivity contribution in [3.05, 3.63) is 41.7 Å². The molecule has 0 saturated carbocycles. The van der Waals surface area contributed by atoms with Crippen molar-refractivity contribution in [3.8, 4) is 0 Å². The van der Waals surface area contributed by atoms with Gasteiger partial charge in [-0.2, -0.15) is 0 Å². The minimum atomic E-state index is -1.74. The number of nitrogens with zero attached hydrogens (tertiary/aromatic N) is 5. The van der Waals surface area contributed by atoms with Gasteiger partial charge in [0.1, 0.15) is 23.9 Å². The van der Waals surface area contributed by atoms with Gasteiger partial charge in [-0.05, 0) is 111 Å². The Balaban J connectivity index is 1.48. The molecule has 6 N–H and O–H groups in total. The number of aryl methyl sites for hydroxylation is 2. The molecule has 0 aliphatic carbocycles. The summed E-state index contributed by atoms with van der Waals surface area (Å²) in [5, 5.41) is 56.1. The molecule has 0 unspecified atom stereocenters. The number of esters is 1. The molecular formula is C44H76N6O9. The number of hydrogen-bond acceptors (Lipinski definition) is 14. The zero-order valence-electron chi connectivity index (χ0n) is 37.5. The smallest absolute Gasteiger partial charge is 0.311 e. The van der Waals surface area contributed by atoms with Gasteiger partial charge < -0.3 is 54.9 Å². The topological polar surface area (TPSA) is 198 Å². The van der Waals surface area contributed by atoms with Crippen LogP contribution < -0.4 is 5.73 Å². The van der Waals surface area contributed by atoms with Gasteiger partial charge in [-0.1, -0.05) is 38.1 Å². The molecule has 14 atom stereocenters. The minimum absolute atomic E-state index is 0.0983. The third kappa shape index (κ3) is 12.7. The van der Waals surface area contributed by atoms with Crippen molar-refractivity contribution in [1.29, 1.82) is 0 Å². The Bertz CT molecular complexity index is 1580. The number of nitrogens with two attached hydrogens (primary N) is 1. The molecular weight excluding hydrogens is 757 g/mol. The molecule has 4 rings (SSSR count). The van der Waals surface area contributed by atoms with Gasteiger partial charge in [0.15, 0.2) is 6.29 Å². The summed E-state index contributed by atoms with van der Waals surface area (Å²) >= 11 is 0. The number of ether oxygens (including phenoxy) is 4. The maximum absolute atomic E-state index is 13.8. The number of benzene rings is 1. The molecule has 59 heavy (non-hydrogen) atoms. The standard InChI is InChI=1S/C44H76N6O9/c1-12-36-44(8,55)39(52)31(6)49(10)25-27(2)24-43(7,54)40(29(4)38(56-11)30(5)41(53)58-36)59-42-37(51)35(23-28(3)57-42)48(9)22-20-34-26-50(47-46-34)21-14-13-15-32-16-18-33(45)19-17-32/h16-19,26-31,35-40,42,51-52,54-55H,12-15,20-25,45H2,1-11H3/t27-,28-,29+,30-,31-,35+,36-,37-,38+,39-,40-,42+,43-,44-/m1/s1. The molecule has 2 aliphatic heterocycles. The monoisotopic (exact) mass is 833 g/mol. The number of likely N-dealkylation sites (N-methyl/N-ethyl adjacent to an activating group) is 2. The summed E-state index contributed by atoms with van der Waals surface area (Å²) in [6.07, 6.45) is 0.352. The Morgan fingerprint density at radius 1 is 1.05 bits per heavy atom. The second-order valence-corrected chi connectivity index (χ2v) is 18.3. The third-order valence-electron chi connectivity index (χ3n) is 13.0. The van der Waals surface area contributed by atoms with E-state index in [0.717, 1.165) is 37.2 Å². The second-order valence-electron chi connectivity index (χ2n) is 18.3. The molecule has 1 aromatic carbocycles. The van der Waals surface area contributed by atoms with E-state index in [0.29, 0.717) is 25.9 Å². The lowest BCUT2D eigenvalue weighted by Gasteiger charge is -2.47. The van der Waals surface area contributed by atoms with E-state index in [9.17, 15) is 25.2 Å². The van der Waals surface area contributed by atoms with Crippen molar-refractivity contribution >= 4 is 11.7 Å². The van der Waals surface area contributed by atoms with E-state index in [1.807, 2.05) is 69.7 Å². The van der Waals surface area contributed by atoms with Crippen LogP contribution in [-0.2, 0) is 43.1 Å². The van der Waals surface area contributed by atoms with Crippen LogP contribution in [0.4, 0.5) is 5.69 Å². The van der Waals surface area contributed by atoms with Gasteiger partial charge in [-0.15, -0.1) is 5.10 Å². The van der Waals surface area contributed by atoms with Gasteiger partial charge in [-0.3, -0.25) is 9.48 Å². The normalized spacial score (nSPS) is 37.2. The molecule has 15 heteroatoms. The summed E-state index contributed by atoms with van der Waals surface area (Å²) in [6, 6.07) is 7.17. The first kappa shape index (κ1) is 48.9. The highest BCUT2D eigenvalue weighted by molar-refractivity contribution is 5.73. The van der Waals surface area contributed by atoms with Crippen LogP contribution in [0.2, 0.25) is 0 Å². The predicted molar refractivity (Wildman–Crippen MR) is 226 cm³/mol. The van der Waals surface area contributed by atoms with Gasteiger partial charge in [0.25, 0.3) is 0 Å². The summed E-state index contributed by atoms with van der Waals surface area (Å²) in [5.41, 5.74) is 5.50. The van der Waals surface area contributed by atoms with Crippen LogP contribution in [0.15, 0.2) is 30.5 Å². The molecule has 336 valence electrons. The van der Waals surface area contributed by atoms with Crippen LogP contribution >= 0.6 is 0 Å².